The number of hydrogen-bond acceptors (Lipinski definition) is 5. The van der Waals surface area contributed by atoms with Crippen molar-refractivity contribution in [3.63, 3.8) is 0 Å². The minimum absolute atomic E-state index is 0.0780. The molecule has 1 aromatic rings. The summed E-state index contributed by atoms with van der Waals surface area (Å²) in [5.74, 6) is -0.834. The summed E-state index contributed by atoms with van der Waals surface area (Å²) >= 11 is 1.22. The van der Waals surface area contributed by atoms with E-state index < -0.39 is 5.97 Å². The van der Waals surface area contributed by atoms with E-state index >= 15 is 0 Å². The van der Waals surface area contributed by atoms with Crippen LogP contribution in [0.5, 0.6) is 0 Å². The van der Waals surface area contributed by atoms with Crippen LogP contribution in [0.15, 0.2) is 0 Å². The molecule has 0 saturated carbocycles. The van der Waals surface area contributed by atoms with Gasteiger partial charge in [0, 0.05) is 6.42 Å². The Hall–Kier alpha value is -1.17. The number of hydrogen-bond donors (Lipinski definition) is 2. The Morgan fingerprint density at radius 1 is 1.64 bits per heavy atom. The Kier molecular flexibility index (Phi) is 2.37. The van der Waals surface area contributed by atoms with Crippen LogP contribution < -0.4 is 5.73 Å². The van der Waals surface area contributed by atoms with Crippen LogP contribution in [-0.4, -0.2) is 21.3 Å². The fraction of sp³-hybridized carbons (Fsp3) is 0.400. The first-order valence-electron chi connectivity index (χ1n) is 2.98. The molecule has 0 bridgehead atoms. The number of carbonyl (C=O) groups is 1. The zero-order valence-corrected chi connectivity index (χ0v) is 6.47. The van der Waals surface area contributed by atoms with Gasteiger partial charge in [-0.3, -0.25) is 4.79 Å². The fourth-order valence-corrected chi connectivity index (χ4v) is 1.19. The molecule has 0 aliphatic carbocycles. The summed E-state index contributed by atoms with van der Waals surface area (Å²) in [5, 5.41) is 16.6. The second kappa shape index (κ2) is 3.29. The van der Waals surface area contributed by atoms with Crippen molar-refractivity contribution in [2.45, 2.75) is 12.8 Å². The lowest BCUT2D eigenvalue weighted by Crippen LogP contribution is -1.96. The number of nitrogens with two attached hydrogens (primary N) is 1. The molecule has 11 heavy (non-hydrogen) atoms. The van der Waals surface area contributed by atoms with E-state index in [0.29, 0.717) is 16.6 Å². The average Bonchev–Trinajstić information content (AvgIpc) is 2.31. The second-order valence-electron chi connectivity index (χ2n) is 1.93. The SMILES string of the molecule is Nc1nnc(CCC(=O)O)s1. The Labute approximate surface area is 66.9 Å². The minimum atomic E-state index is -0.834. The molecule has 0 atom stereocenters. The summed E-state index contributed by atoms with van der Waals surface area (Å²) in [6.07, 6.45) is 0.485. The van der Waals surface area contributed by atoms with E-state index in [4.69, 9.17) is 10.8 Å². The normalized spacial score (nSPS) is 9.82. The molecule has 3 N–H and O–H groups in total. The van der Waals surface area contributed by atoms with E-state index in [1.54, 1.807) is 0 Å². The highest BCUT2D eigenvalue weighted by atomic mass is 32.1. The molecule has 0 spiro atoms. The highest BCUT2D eigenvalue weighted by molar-refractivity contribution is 7.15. The van der Waals surface area contributed by atoms with Gasteiger partial charge in [0.25, 0.3) is 0 Å². The quantitative estimate of drug-likeness (QED) is 0.678. The lowest BCUT2D eigenvalue weighted by atomic mass is 10.3. The molecular formula is C5H7N3O2S. The maximum atomic E-state index is 10.1. The van der Waals surface area contributed by atoms with Gasteiger partial charge in [0.2, 0.25) is 5.13 Å². The molecular weight excluding hydrogens is 166 g/mol. The van der Waals surface area contributed by atoms with Crippen molar-refractivity contribution in [3.05, 3.63) is 5.01 Å². The number of carboxylic acid groups (broad SMARTS) is 1. The van der Waals surface area contributed by atoms with Crippen molar-refractivity contribution >= 4 is 22.4 Å². The zero-order chi connectivity index (χ0) is 8.27. The van der Waals surface area contributed by atoms with Crippen molar-refractivity contribution in [2.24, 2.45) is 0 Å². The summed E-state index contributed by atoms with van der Waals surface area (Å²) in [6, 6.07) is 0. The molecule has 0 amide bonds. The van der Waals surface area contributed by atoms with Crippen molar-refractivity contribution in [1.29, 1.82) is 0 Å². The number of rotatable bonds is 3. The third-order valence-corrected chi connectivity index (χ3v) is 1.85. The van der Waals surface area contributed by atoms with Crippen molar-refractivity contribution in [1.82, 2.24) is 10.2 Å². The van der Waals surface area contributed by atoms with Gasteiger partial charge in [-0.1, -0.05) is 11.3 Å². The molecule has 6 heteroatoms. The number of aliphatic carboxylic acids is 1. The Balaban J connectivity index is 2.45. The van der Waals surface area contributed by atoms with Crippen LogP contribution in [0.1, 0.15) is 11.4 Å². The topological polar surface area (TPSA) is 89.1 Å². The smallest absolute Gasteiger partial charge is 0.303 e. The Morgan fingerprint density at radius 3 is 2.82 bits per heavy atom. The molecule has 0 radical (unpaired) electrons. The average molecular weight is 173 g/mol. The van der Waals surface area contributed by atoms with Crippen LogP contribution in [0.2, 0.25) is 0 Å². The number of aryl methyl sites for hydroxylation is 1. The summed E-state index contributed by atoms with van der Waals surface area (Å²) in [5.41, 5.74) is 5.28. The van der Waals surface area contributed by atoms with Crippen molar-refractivity contribution < 1.29 is 9.90 Å². The third kappa shape index (κ3) is 2.50. The maximum absolute atomic E-state index is 10.1. The number of aromatic nitrogens is 2. The molecule has 0 aliphatic rings. The summed E-state index contributed by atoms with van der Waals surface area (Å²) in [4.78, 5) is 10.1. The summed E-state index contributed by atoms with van der Waals surface area (Å²) in [6.45, 7) is 0. The number of carboxylic acids is 1. The van der Waals surface area contributed by atoms with Gasteiger partial charge in [-0.2, -0.15) is 0 Å². The fourth-order valence-electron chi connectivity index (χ4n) is 0.581. The Bertz CT molecular complexity index is 260. The lowest BCUT2D eigenvalue weighted by molar-refractivity contribution is -0.136. The van der Waals surface area contributed by atoms with E-state index in [-0.39, 0.29) is 6.42 Å². The lowest BCUT2D eigenvalue weighted by Gasteiger charge is -1.87. The summed E-state index contributed by atoms with van der Waals surface area (Å²) in [7, 11) is 0. The van der Waals surface area contributed by atoms with Gasteiger partial charge in [-0.05, 0) is 0 Å². The molecule has 0 aliphatic heterocycles. The first-order chi connectivity index (χ1) is 5.18. The van der Waals surface area contributed by atoms with E-state index in [2.05, 4.69) is 10.2 Å². The molecule has 1 aromatic heterocycles. The van der Waals surface area contributed by atoms with Gasteiger partial charge in [0.1, 0.15) is 5.01 Å². The maximum Gasteiger partial charge on any atom is 0.303 e. The summed E-state index contributed by atoms with van der Waals surface area (Å²) < 4.78 is 0. The van der Waals surface area contributed by atoms with Gasteiger partial charge in [0.05, 0.1) is 6.42 Å². The minimum Gasteiger partial charge on any atom is -0.481 e. The third-order valence-electron chi connectivity index (χ3n) is 1.04. The van der Waals surface area contributed by atoms with Crippen LogP contribution >= 0.6 is 11.3 Å². The van der Waals surface area contributed by atoms with Gasteiger partial charge >= 0.3 is 5.97 Å². The van der Waals surface area contributed by atoms with E-state index in [9.17, 15) is 4.79 Å². The predicted octanol–water partition coefficient (Wildman–Crippen LogP) is 0.137. The van der Waals surface area contributed by atoms with E-state index in [1.807, 2.05) is 0 Å². The van der Waals surface area contributed by atoms with E-state index in [0.717, 1.165) is 0 Å². The predicted molar refractivity (Wildman–Crippen MR) is 40.3 cm³/mol. The molecule has 0 saturated heterocycles. The van der Waals surface area contributed by atoms with Gasteiger partial charge in [-0.15, -0.1) is 10.2 Å². The molecule has 5 nitrogen and oxygen atoms in total. The van der Waals surface area contributed by atoms with Gasteiger partial charge < -0.3 is 10.8 Å². The van der Waals surface area contributed by atoms with Crippen molar-refractivity contribution in [3.8, 4) is 0 Å². The molecule has 60 valence electrons. The molecule has 0 unspecified atom stereocenters. The van der Waals surface area contributed by atoms with Gasteiger partial charge in [0.15, 0.2) is 0 Å². The van der Waals surface area contributed by atoms with Crippen molar-refractivity contribution in [2.75, 3.05) is 5.73 Å². The first kappa shape index (κ1) is 7.93. The number of nitrogen functional groups attached to an aromatic ring is 1. The number of nitrogens with zero attached hydrogens (tertiary/aromatic N) is 2. The largest absolute Gasteiger partial charge is 0.481 e. The van der Waals surface area contributed by atoms with Crippen LogP contribution in [-0.2, 0) is 11.2 Å². The monoisotopic (exact) mass is 173 g/mol. The zero-order valence-electron chi connectivity index (χ0n) is 5.65. The molecule has 0 aromatic carbocycles. The molecule has 1 heterocycles. The van der Waals surface area contributed by atoms with Crippen LogP contribution in [0.3, 0.4) is 0 Å². The second-order valence-corrected chi connectivity index (χ2v) is 3.02. The standard InChI is InChI=1S/C5H7N3O2S/c6-5-8-7-3(11-5)1-2-4(9)10/h1-2H2,(H2,6,8)(H,9,10). The number of anilines is 1. The van der Waals surface area contributed by atoms with Crippen LogP contribution in [0.4, 0.5) is 5.13 Å². The van der Waals surface area contributed by atoms with Gasteiger partial charge in [-0.25, -0.2) is 0 Å². The molecule has 1 rings (SSSR count). The molecule has 0 fully saturated rings. The van der Waals surface area contributed by atoms with Crippen LogP contribution in [0.25, 0.3) is 0 Å². The Morgan fingerprint density at radius 2 is 2.36 bits per heavy atom. The van der Waals surface area contributed by atoms with Crippen LogP contribution in [0, 0.1) is 0 Å². The highest BCUT2D eigenvalue weighted by Gasteiger charge is 2.03. The van der Waals surface area contributed by atoms with E-state index in [1.165, 1.54) is 11.3 Å². The highest BCUT2D eigenvalue weighted by Crippen LogP contribution is 2.12. The first-order valence-corrected chi connectivity index (χ1v) is 3.80.